The van der Waals surface area contributed by atoms with Gasteiger partial charge in [0.25, 0.3) is 5.91 Å². The molecule has 3 aliphatic heterocycles. The summed E-state index contributed by atoms with van der Waals surface area (Å²) in [6.07, 6.45) is 7.60. The Morgan fingerprint density at radius 2 is 1.69 bits per heavy atom. The Balaban J connectivity index is 1.46. The lowest BCUT2D eigenvalue weighted by molar-refractivity contribution is -0.733. The largest absolute Gasteiger partial charge is 0.326 e. The molecule has 182 valence electrons. The van der Waals surface area contributed by atoms with E-state index in [0.29, 0.717) is 6.42 Å². The van der Waals surface area contributed by atoms with E-state index < -0.39 is 17.4 Å². The SMILES string of the molecule is CCc1cccc2c1NC(=O)[C@]21[NH2+][C@@H](Cc2ccccc2)[C@H]2C(=O)N(C3CCCCCC3)C(=O)[C@H]21. The number of hydrogen-bond donors (Lipinski definition) is 2. The molecule has 1 spiro atoms. The molecule has 0 bridgehead atoms. The van der Waals surface area contributed by atoms with Crippen molar-refractivity contribution >= 4 is 23.4 Å². The summed E-state index contributed by atoms with van der Waals surface area (Å²) in [6.45, 7) is 2.07. The minimum absolute atomic E-state index is 0.0385. The maximum atomic E-state index is 14.2. The van der Waals surface area contributed by atoms with Crippen LogP contribution < -0.4 is 10.6 Å². The molecule has 1 aliphatic carbocycles. The number of aryl methyl sites for hydroxylation is 1. The number of carbonyl (C=O) groups is 3. The molecule has 3 heterocycles. The number of likely N-dealkylation sites (tertiary alicyclic amines) is 1. The molecular formula is C29H34N3O3+. The summed E-state index contributed by atoms with van der Waals surface area (Å²) < 4.78 is 0. The van der Waals surface area contributed by atoms with Gasteiger partial charge in [-0.05, 0) is 30.4 Å². The van der Waals surface area contributed by atoms with E-state index in [2.05, 4.69) is 29.7 Å². The van der Waals surface area contributed by atoms with Gasteiger partial charge < -0.3 is 10.6 Å². The average molecular weight is 473 g/mol. The molecule has 4 atom stereocenters. The Bertz CT molecular complexity index is 1170. The van der Waals surface area contributed by atoms with Crippen molar-refractivity contribution in [2.24, 2.45) is 11.8 Å². The summed E-state index contributed by atoms with van der Waals surface area (Å²) in [5.41, 5.74) is 2.82. The molecule has 6 nitrogen and oxygen atoms in total. The number of anilines is 1. The van der Waals surface area contributed by atoms with Crippen molar-refractivity contribution in [3.05, 3.63) is 65.2 Å². The number of hydrogen-bond acceptors (Lipinski definition) is 3. The first kappa shape index (κ1) is 22.5. The van der Waals surface area contributed by atoms with Crippen LogP contribution in [-0.2, 0) is 32.8 Å². The van der Waals surface area contributed by atoms with Crippen molar-refractivity contribution in [3.63, 3.8) is 0 Å². The zero-order chi connectivity index (χ0) is 24.2. The van der Waals surface area contributed by atoms with E-state index in [0.717, 1.165) is 67.3 Å². The van der Waals surface area contributed by atoms with E-state index >= 15 is 0 Å². The molecule has 6 rings (SSSR count). The summed E-state index contributed by atoms with van der Waals surface area (Å²) in [7, 11) is 0. The van der Waals surface area contributed by atoms with Crippen LogP contribution in [0.4, 0.5) is 5.69 Å². The molecule has 3 N–H and O–H groups in total. The average Bonchev–Trinajstić information content (AvgIpc) is 3.33. The number of nitrogens with zero attached hydrogens (tertiary/aromatic N) is 1. The van der Waals surface area contributed by atoms with Crippen LogP contribution in [0.5, 0.6) is 0 Å². The monoisotopic (exact) mass is 472 g/mol. The lowest BCUT2D eigenvalue weighted by Crippen LogP contribution is -2.99. The van der Waals surface area contributed by atoms with Crippen LogP contribution in [0.1, 0.15) is 62.1 Å². The zero-order valence-electron chi connectivity index (χ0n) is 20.3. The van der Waals surface area contributed by atoms with Crippen LogP contribution in [0.15, 0.2) is 48.5 Å². The second kappa shape index (κ2) is 8.59. The fourth-order valence-electron chi connectivity index (χ4n) is 7.32. The summed E-state index contributed by atoms with van der Waals surface area (Å²) in [5.74, 6) is -1.51. The van der Waals surface area contributed by atoms with Crippen LogP contribution in [0.25, 0.3) is 0 Å². The summed E-state index contributed by atoms with van der Waals surface area (Å²) >= 11 is 0. The third-order valence-electron chi connectivity index (χ3n) is 8.91. The molecule has 6 heteroatoms. The van der Waals surface area contributed by atoms with Gasteiger partial charge in [0.1, 0.15) is 17.9 Å². The number of imide groups is 1. The minimum Gasteiger partial charge on any atom is -0.326 e. The van der Waals surface area contributed by atoms with Crippen molar-refractivity contribution in [2.75, 3.05) is 5.32 Å². The van der Waals surface area contributed by atoms with E-state index in [1.165, 1.54) is 0 Å². The fourth-order valence-corrected chi connectivity index (χ4v) is 7.32. The summed E-state index contributed by atoms with van der Waals surface area (Å²) in [4.78, 5) is 43.7. The van der Waals surface area contributed by atoms with Crippen molar-refractivity contribution in [1.82, 2.24) is 4.90 Å². The molecule has 3 fully saturated rings. The van der Waals surface area contributed by atoms with Crippen LogP contribution in [0.3, 0.4) is 0 Å². The number of carbonyl (C=O) groups excluding carboxylic acids is 3. The van der Waals surface area contributed by atoms with Gasteiger partial charge in [-0.2, -0.15) is 0 Å². The molecule has 2 aromatic carbocycles. The van der Waals surface area contributed by atoms with Crippen molar-refractivity contribution < 1.29 is 19.7 Å². The highest BCUT2D eigenvalue weighted by Gasteiger charge is 2.74. The van der Waals surface area contributed by atoms with Crippen molar-refractivity contribution in [1.29, 1.82) is 0 Å². The van der Waals surface area contributed by atoms with E-state index in [4.69, 9.17) is 0 Å². The number of nitrogens with one attached hydrogen (secondary N) is 1. The maximum absolute atomic E-state index is 14.2. The minimum atomic E-state index is -1.09. The van der Waals surface area contributed by atoms with Gasteiger partial charge in [0, 0.05) is 18.0 Å². The molecule has 0 radical (unpaired) electrons. The van der Waals surface area contributed by atoms with E-state index in [1.54, 1.807) is 4.90 Å². The Kier molecular flexibility index (Phi) is 5.52. The molecule has 35 heavy (non-hydrogen) atoms. The van der Waals surface area contributed by atoms with Gasteiger partial charge in [0.2, 0.25) is 17.4 Å². The highest BCUT2D eigenvalue weighted by Crippen LogP contribution is 2.51. The van der Waals surface area contributed by atoms with Crippen LogP contribution in [0.2, 0.25) is 0 Å². The quantitative estimate of drug-likeness (QED) is 0.530. The van der Waals surface area contributed by atoms with Gasteiger partial charge >= 0.3 is 0 Å². The lowest BCUT2D eigenvalue weighted by Gasteiger charge is -2.30. The van der Waals surface area contributed by atoms with Crippen molar-refractivity contribution in [2.45, 2.75) is 75.9 Å². The lowest BCUT2D eigenvalue weighted by atomic mass is 9.76. The Hall–Kier alpha value is -2.99. The first-order valence-corrected chi connectivity index (χ1v) is 13.3. The topological polar surface area (TPSA) is 83.1 Å². The van der Waals surface area contributed by atoms with Crippen LogP contribution in [-0.4, -0.2) is 34.7 Å². The molecular weight excluding hydrogens is 438 g/mol. The van der Waals surface area contributed by atoms with Gasteiger partial charge in [-0.25, -0.2) is 0 Å². The number of quaternary nitrogens is 1. The summed E-state index contributed by atoms with van der Waals surface area (Å²) in [6, 6.07) is 15.9. The van der Waals surface area contributed by atoms with Crippen LogP contribution in [0, 0.1) is 11.8 Å². The van der Waals surface area contributed by atoms with Crippen LogP contribution >= 0.6 is 0 Å². The van der Waals surface area contributed by atoms with E-state index in [1.807, 2.05) is 36.4 Å². The van der Waals surface area contributed by atoms with E-state index in [-0.39, 0.29) is 29.8 Å². The van der Waals surface area contributed by atoms with Gasteiger partial charge in [-0.15, -0.1) is 0 Å². The summed E-state index contributed by atoms with van der Waals surface area (Å²) in [5, 5.41) is 5.20. The molecule has 1 saturated carbocycles. The molecule has 2 aromatic rings. The van der Waals surface area contributed by atoms with Crippen molar-refractivity contribution in [3.8, 4) is 0 Å². The Morgan fingerprint density at radius 1 is 0.943 bits per heavy atom. The predicted octanol–water partition coefficient (Wildman–Crippen LogP) is 2.91. The fraction of sp³-hybridized carbons (Fsp3) is 0.483. The second-order valence-corrected chi connectivity index (χ2v) is 10.7. The third-order valence-corrected chi connectivity index (χ3v) is 8.91. The molecule has 3 amide bonds. The second-order valence-electron chi connectivity index (χ2n) is 10.7. The van der Waals surface area contributed by atoms with Gasteiger partial charge in [0.15, 0.2) is 0 Å². The number of nitrogens with two attached hydrogens (primary N) is 1. The first-order chi connectivity index (χ1) is 17.1. The maximum Gasteiger partial charge on any atom is 0.291 e. The number of fused-ring (bicyclic) bond motifs is 4. The highest BCUT2D eigenvalue weighted by atomic mass is 16.2. The Labute approximate surface area is 206 Å². The molecule has 0 aromatic heterocycles. The standard InChI is InChI=1S/C29H33N3O3/c1-2-19-13-10-16-21-25(19)30-28(35)29(21)24-23(22(31-29)17-18-11-6-5-7-12-18)26(33)32(27(24)34)20-14-8-3-4-9-15-20/h5-7,10-13,16,20,22-24,31H,2-4,8-9,14-15,17H2,1H3,(H,30,35)/p+1/t22-,23+,24-,29-/m0/s1. The molecule has 4 aliphatic rings. The number of amides is 3. The number of benzene rings is 2. The highest BCUT2D eigenvalue weighted by molar-refractivity contribution is 6.14. The number of rotatable bonds is 4. The van der Waals surface area contributed by atoms with Gasteiger partial charge in [-0.3, -0.25) is 19.3 Å². The van der Waals surface area contributed by atoms with Gasteiger partial charge in [-0.1, -0.05) is 81.1 Å². The normalized spacial score (nSPS) is 30.5. The Morgan fingerprint density at radius 3 is 2.40 bits per heavy atom. The first-order valence-electron chi connectivity index (χ1n) is 13.3. The predicted molar refractivity (Wildman–Crippen MR) is 132 cm³/mol. The number of para-hydroxylation sites is 1. The molecule has 0 unspecified atom stereocenters. The zero-order valence-corrected chi connectivity index (χ0v) is 20.3. The third kappa shape index (κ3) is 3.29. The molecule has 2 saturated heterocycles. The van der Waals surface area contributed by atoms with E-state index in [9.17, 15) is 14.4 Å². The smallest absolute Gasteiger partial charge is 0.291 e. The van der Waals surface area contributed by atoms with Gasteiger partial charge in [0.05, 0.1) is 5.69 Å².